The van der Waals surface area contributed by atoms with Crippen LogP contribution >= 0.6 is 0 Å². The zero-order chi connectivity index (χ0) is 20.5. The van der Waals surface area contributed by atoms with Crippen LogP contribution in [0.4, 0.5) is 30.6 Å². The van der Waals surface area contributed by atoms with Gasteiger partial charge in [0.1, 0.15) is 5.82 Å². The lowest BCUT2D eigenvalue weighted by molar-refractivity contribution is -0.0555. The third-order valence-electron chi connectivity index (χ3n) is 4.62. The Bertz CT molecular complexity index is 893. The average molecular weight is 395 g/mol. The number of nitrogens with one attached hydrogen (secondary N) is 2. The van der Waals surface area contributed by atoms with E-state index in [0.717, 1.165) is 0 Å². The van der Waals surface area contributed by atoms with Gasteiger partial charge >= 0.3 is 0 Å². The van der Waals surface area contributed by atoms with E-state index in [1.807, 2.05) is 0 Å². The van der Waals surface area contributed by atoms with Gasteiger partial charge < -0.3 is 22.1 Å². The van der Waals surface area contributed by atoms with Gasteiger partial charge in [-0.1, -0.05) is 6.07 Å². The molecule has 6 N–H and O–H groups in total. The number of carbonyl (C=O) groups excluding carboxylic acids is 1. The van der Waals surface area contributed by atoms with Gasteiger partial charge in [-0.3, -0.25) is 4.79 Å². The van der Waals surface area contributed by atoms with Crippen molar-refractivity contribution < 1.29 is 18.0 Å². The number of alkyl halides is 2. The number of nitrogens with two attached hydrogens (primary N) is 2. The van der Waals surface area contributed by atoms with Crippen molar-refractivity contribution in [2.45, 2.75) is 44.2 Å². The Hall–Kier alpha value is -2.95. The summed E-state index contributed by atoms with van der Waals surface area (Å²) < 4.78 is 41.4. The normalized spacial score (nSPS) is 21.2. The summed E-state index contributed by atoms with van der Waals surface area (Å²) in [5.74, 6) is -4.54. The van der Waals surface area contributed by atoms with Crippen LogP contribution in [-0.4, -0.2) is 39.1 Å². The number of rotatable bonds is 5. The van der Waals surface area contributed by atoms with Crippen molar-refractivity contribution in [1.82, 2.24) is 15.2 Å². The summed E-state index contributed by atoms with van der Waals surface area (Å²) in [4.78, 5) is 15.7. The fraction of sp³-hybridized carbons (Fsp3) is 0.412. The van der Waals surface area contributed by atoms with Gasteiger partial charge in [0.15, 0.2) is 11.5 Å². The van der Waals surface area contributed by atoms with Crippen molar-refractivity contribution in [1.29, 1.82) is 0 Å². The van der Waals surface area contributed by atoms with Gasteiger partial charge in [-0.05, 0) is 37.5 Å². The molecule has 11 heteroatoms. The smallest absolute Gasteiger partial charge is 0.273 e. The summed E-state index contributed by atoms with van der Waals surface area (Å²) in [6.45, 7) is 1.60. The lowest BCUT2D eigenvalue weighted by Crippen LogP contribution is -2.55. The molecule has 0 saturated heterocycles. The summed E-state index contributed by atoms with van der Waals surface area (Å²) >= 11 is 0. The van der Waals surface area contributed by atoms with Crippen molar-refractivity contribution in [2.75, 3.05) is 10.6 Å². The predicted molar refractivity (Wildman–Crippen MR) is 96.9 cm³/mol. The number of anilines is 3. The van der Waals surface area contributed by atoms with E-state index in [2.05, 4.69) is 25.8 Å². The molecular weight excluding hydrogens is 375 g/mol. The molecule has 1 heterocycles. The summed E-state index contributed by atoms with van der Waals surface area (Å²) in [5.41, 5.74) is 11.4. The molecule has 0 bridgehead atoms. The Balaban J connectivity index is 1.87. The number of hydrogen-bond donors (Lipinski definition) is 4. The highest BCUT2D eigenvalue weighted by Crippen LogP contribution is 2.33. The number of aromatic nitrogens is 3. The standard InChI is InChI=1S/C17H20F3N7O/c1-8-4-5-9(7-10(8)18)23-15-12(14(22)28)26-27-16(25-15)24-11-3-2-6-17(19,20)13(11)21/h4-5,7,11,13H,2-3,6,21H2,1H3,(H2,22,28)(H2,23,24,25,27)/t11-,13-/m1/s1. The van der Waals surface area contributed by atoms with Crippen LogP contribution in [0.15, 0.2) is 18.2 Å². The van der Waals surface area contributed by atoms with E-state index in [1.54, 1.807) is 19.1 Å². The number of hydrogen-bond acceptors (Lipinski definition) is 7. The Morgan fingerprint density at radius 1 is 1.32 bits per heavy atom. The van der Waals surface area contributed by atoms with Crippen LogP contribution in [-0.2, 0) is 0 Å². The molecule has 150 valence electrons. The minimum atomic E-state index is -3.00. The van der Waals surface area contributed by atoms with Gasteiger partial charge in [-0.2, -0.15) is 4.98 Å². The number of aryl methyl sites for hydroxylation is 1. The number of primary amides is 1. The van der Waals surface area contributed by atoms with Crippen LogP contribution in [0.2, 0.25) is 0 Å². The fourth-order valence-corrected chi connectivity index (χ4v) is 2.97. The molecule has 0 spiro atoms. The van der Waals surface area contributed by atoms with Crippen molar-refractivity contribution in [3.8, 4) is 0 Å². The van der Waals surface area contributed by atoms with Crippen molar-refractivity contribution in [3.63, 3.8) is 0 Å². The molecule has 3 rings (SSSR count). The molecule has 0 radical (unpaired) electrons. The van der Waals surface area contributed by atoms with E-state index in [4.69, 9.17) is 11.5 Å². The minimum absolute atomic E-state index is 0.0793. The summed E-state index contributed by atoms with van der Waals surface area (Å²) in [5, 5.41) is 12.9. The predicted octanol–water partition coefficient (Wildman–Crippen LogP) is 2.09. The Morgan fingerprint density at radius 3 is 2.75 bits per heavy atom. The lowest BCUT2D eigenvalue weighted by Gasteiger charge is -2.35. The SMILES string of the molecule is Cc1ccc(Nc2nc(N[C@@H]3CCCC(F)(F)[C@@H]3N)nnc2C(N)=O)cc1F. The van der Waals surface area contributed by atoms with Crippen LogP contribution in [0.25, 0.3) is 0 Å². The van der Waals surface area contributed by atoms with Crippen LogP contribution < -0.4 is 22.1 Å². The second-order valence-corrected chi connectivity index (χ2v) is 6.72. The van der Waals surface area contributed by atoms with Gasteiger partial charge in [0.25, 0.3) is 11.8 Å². The average Bonchev–Trinajstić information content (AvgIpc) is 2.62. The number of carbonyl (C=O) groups is 1. The Labute approximate surface area is 158 Å². The molecule has 1 aromatic carbocycles. The molecule has 1 aromatic heterocycles. The summed E-state index contributed by atoms with van der Waals surface area (Å²) in [6, 6.07) is 2.15. The highest BCUT2D eigenvalue weighted by Gasteiger charge is 2.45. The van der Waals surface area contributed by atoms with Crippen LogP contribution in [0, 0.1) is 12.7 Å². The molecule has 8 nitrogen and oxygen atoms in total. The molecule has 2 atom stereocenters. The first-order chi connectivity index (χ1) is 13.2. The first-order valence-electron chi connectivity index (χ1n) is 8.65. The molecular formula is C17H20F3N7O. The van der Waals surface area contributed by atoms with Crippen LogP contribution in [0.3, 0.4) is 0 Å². The highest BCUT2D eigenvalue weighted by molar-refractivity contribution is 5.96. The van der Waals surface area contributed by atoms with E-state index in [0.29, 0.717) is 24.1 Å². The maximum Gasteiger partial charge on any atom is 0.273 e. The summed E-state index contributed by atoms with van der Waals surface area (Å²) in [7, 11) is 0. The number of nitrogens with zero attached hydrogens (tertiary/aromatic N) is 3. The number of amides is 1. The first-order valence-corrected chi connectivity index (χ1v) is 8.65. The van der Waals surface area contributed by atoms with Crippen LogP contribution in [0.1, 0.15) is 35.3 Å². The lowest BCUT2D eigenvalue weighted by atomic mass is 9.87. The van der Waals surface area contributed by atoms with E-state index in [1.165, 1.54) is 6.07 Å². The molecule has 1 saturated carbocycles. The van der Waals surface area contributed by atoms with Crippen molar-refractivity contribution in [2.24, 2.45) is 11.5 Å². The molecule has 1 aliphatic carbocycles. The van der Waals surface area contributed by atoms with E-state index < -0.39 is 29.7 Å². The van der Waals surface area contributed by atoms with Crippen molar-refractivity contribution in [3.05, 3.63) is 35.3 Å². The molecule has 2 aromatic rings. The van der Waals surface area contributed by atoms with E-state index in [-0.39, 0.29) is 23.9 Å². The summed E-state index contributed by atoms with van der Waals surface area (Å²) in [6.07, 6.45) is 0.417. The largest absolute Gasteiger partial charge is 0.364 e. The number of halogens is 3. The van der Waals surface area contributed by atoms with E-state index >= 15 is 0 Å². The topological polar surface area (TPSA) is 132 Å². The fourth-order valence-electron chi connectivity index (χ4n) is 2.97. The minimum Gasteiger partial charge on any atom is -0.364 e. The van der Waals surface area contributed by atoms with Gasteiger partial charge in [-0.25, -0.2) is 13.2 Å². The third-order valence-corrected chi connectivity index (χ3v) is 4.62. The van der Waals surface area contributed by atoms with Crippen LogP contribution in [0.5, 0.6) is 0 Å². The number of benzene rings is 1. The Morgan fingerprint density at radius 2 is 2.07 bits per heavy atom. The van der Waals surface area contributed by atoms with Gasteiger partial charge in [0, 0.05) is 12.1 Å². The second kappa shape index (κ2) is 7.58. The second-order valence-electron chi connectivity index (χ2n) is 6.72. The monoisotopic (exact) mass is 395 g/mol. The van der Waals surface area contributed by atoms with E-state index in [9.17, 15) is 18.0 Å². The Kier molecular flexibility index (Phi) is 5.36. The third kappa shape index (κ3) is 4.14. The molecule has 1 aliphatic rings. The zero-order valence-corrected chi connectivity index (χ0v) is 15.0. The van der Waals surface area contributed by atoms with Crippen molar-refractivity contribution >= 4 is 23.4 Å². The molecule has 0 aliphatic heterocycles. The molecule has 1 fully saturated rings. The maximum atomic E-state index is 13.8. The quantitative estimate of drug-likeness (QED) is 0.609. The van der Waals surface area contributed by atoms with Gasteiger partial charge in [0.05, 0.1) is 12.1 Å². The first kappa shape index (κ1) is 19.8. The zero-order valence-electron chi connectivity index (χ0n) is 15.0. The molecule has 0 unspecified atom stereocenters. The van der Waals surface area contributed by atoms with Gasteiger partial charge in [0.2, 0.25) is 5.95 Å². The molecule has 1 amide bonds. The highest BCUT2D eigenvalue weighted by atomic mass is 19.3. The van der Waals surface area contributed by atoms with Gasteiger partial charge in [-0.15, -0.1) is 10.2 Å². The molecule has 28 heavy (non-hydrogen) atoms. The maximum absolute atomic E-state index is 13.8.